The van der Waals surface area contributed by atoms with Crippen molar-refractivity contribution >= 4 is 54.6 Å². The summed E-state index contributed by atoms with van der Waals surface area (Å²) >= 11 is 0.817. The van der Waals surface area contributed by atoms with E-state index in [1.54, 1.807) is 0 Å². The lowest BCUT2D eigenvalue weighted by Crippen LogP contribution is -2.38. The quantitative estimate of drug-likeness (QED) is 0.104. The molecule has 14 nitrogen and oxygen atoms in total. The minimum absolute atomic E-state index is 0.0176. The van der Waals surface area contributed by atoms with Crippen molar-refractivity contribution in [1.82, 2.24) is 26.2 Å². The van der Waals surface area contributed by atoms with Gasteiger partial charge in [0.2, 0.25) is 23.6 Å². The Morgan fingerprint density at radius 1 is 1.00 bits per heavy atom. The monoisotopic (exact) mass is 529 g/mol. The Kier molecular flexibility index (Phi) is 15.0. The van der Waals surface area contributed by atoms with Gasteiger partial charge in [-0.2, -0.15) is 0 Å². The van der Waals surface area contributed by atoms with Crippen molar-refractivity contribution in [2.75, 3.05) is 53.6 Å². The second-order valence-electron chi connectivity index (χ2n) is 7.46. The molecule has 4 N–H and O–H groups in total. The largest absolute Gasteiger partial charge is 0.447 e. The van der Waals surface area contributed by atoms with Crippen LogP contribution in [0.2, 0.25) is 0 Å². The van der Waals surface area contributed by atoms with E-state index < -0.39 is 23.5 Å². The fourth-order valence-corrected chi connectivity index (χ4v) is 3.38. The van der Waals surface area contributed by atoms with Gasteiger partial charge >= 0.3 is 12.2 Å². The maximum atomic E-state index is 12.0. The van der Waals surface area contributed by atoms with Crippen LogP contribution in [-0.2, 0) is 33.4 Å². The summed E-state index contributed by atoms with van der Waals surface area (Å²) in [6.07, 6.45) is -1.53. The second kappa shape index (κ2) is 17.4. The molecule has 0 aromatic heterocycles. The summed E-state index contributed by atoms with van der Waals surface area (Å²) < 4.78 is 15.3. The van der Waals surface area contributed by atoms with E-state index in [4.69, 9.17) is 21.3 Å². The Morgan fingerprint density at radius 2 is 1.56 bits per heavy atom. The first-order valence-electron chi connectivity index (χ1n) is 11.3. The lowest BCUT2D eigenvalue weighted by atomic mass is 10.3. The summed E-state index contributed by atoms with van der Waals surface area (Å²) in [6.45, 7) is 0.225. The number of nitrogens with one attached hydrogen (secondary N) is 4. The molecule has 1 aliphatic rings. The first kappa shape index (κ1) is 31.0. The van der Waals surface area contributed by atoms with Gasteiger partial charge in [-0.25, -0.2) is 21.2 Å². The Balaban J connectivity index is 2.18. The summed E-state index contributed by atoms with van der Waals surface area (Å²) in [5.74, 6) is -1.35. The maximum Gasteiger partial charge on any atom is 0.406 e. The zero-order valence-corrected chi connectivity index (χ0v) is 21.1. The van der Waals surface area contributed by atoms with Crippen molar-refractivity contribution in [2.24, 2.45) is 0 Å². The van der Waals surface area contributed by atoms with Crippen molar-refractivity contribution in [3.8, 4) is 0 Å². The fraction of sp³-hybridized carbons (Fsp3) is 0.700. The van der Waals surface area contributed by atoms with Gasteiger partial charge in [0.1, 0.15) is 19.3 Å². The highest BCUT2D eigenvalue weighted by Gasteiger charge is 2.37. The van der Waals surface area contributed by atoms with E-state index in [0.717, 1.165) is 16.5 Å². The number of hydrogen-bond donors (Lipinski definition) is 4. The van der Waals surface area contributed by atoms with Crippen LogP contribution in [0.3, 0.4) is 0 Å². The Hall–Kier alpha value is -3.01. The van der Waals surface area contributed by atoms with Crippen LogP contribution < -0.4 is 21.3 Å². The Morgan fingerprint density at radius 3 is 2.06 bits per heavy atom. The number of carbonyl (C=O) groups excluding carboxylic acids is 6. The smallest absolute Gasteiger partial charge is 0.406 e. The molecular weight excluding hydrogens is 497 g/mol. The number of rotatable bonds is 16. The Labute approximate surface area is 214 Å². The summed E-state index contributed by atoms with van der Waals surface area (Å²) in [7, 11) is 8.18. The van der Waals surface area contributed by atoms with Gasteiger partial charge in [0.25, 0.3) is 0 Å². The van der Waals surface area contributed by atoms with Crippen molar-refractivity contribution in [3.05, 3.63) is 0 Å². The molecule has 1 fully saturated rings. The first-order chi connectivity index (χ1) is 17.2. The predicted molar refractivity (Wildman–Crippen MR) is 129 cm³/mol. The average molecular weight is 529 g/mol. The zero-order valence-electron chi connectivity index (χ0n) is 20.3. The third kappa shape index (κ3) is 12.1. The molecule has 1 atom stereocenters. The number of carbonyl (C=O) groups is 6. The maximum absolute atomic E-state index is 12.0. The van der Waals surface area contributed by atoms with Crippen molar-refractivity contribution in [3.63, 3.8) is 0 Å². The average Bonchev–Trinajstić information content (AvgIpc) is 3.15. The number of ether oxygens (including phenoxy) is 3. The van der Waals surface area contributed by atoms with E-state index in [-0.39, 0.29) is 82.3 Å². The fourth-order valence-electron chi connectivity index (χ4n) is 2.90. The summed E-state index contributed by atoms with van der Waals surface area (Å²) in [6, 6.07) is 0. The second-order valence-corrected chi connectivity index (χ2v) is 8.30. The normalized spacial score (nSPS) is 15.0. The molecule has 36 heavy (non-hydrogen) atoms. The van der Waals surface area contributed by atoms with Gasteiger partial charge in [-0.15, -0.1) is 0 Å². The molecule has 0 bridgehead atoms. The highest BCUT2D eigenvalue weighted by atomic mass is 32.2. The van der Waals surface area contributed by atoms with Crippen LogP contribution in [0.1, 0.15) is 25.7 Å². The third-order valence-corrected chi connectivity index (χ3v) is 5.51. The van der Waals surface area contributed by atoms with E-state index in [1.807, 2.05) is 0 Å². The minimum atomic E-state index is -0.705. The van der Waals surface area contributed by atoms with Crippen LogP contribution in [0, 0.1) is 0 Å². The van der Waals surface area contributed by atoms with Crippen LogP contribution in [-0.4, -0.2) is 113 Å². The van der Waals surface area contributed by atoms with Gasteiger partial charge in [0.15, 0.2) is 7.12 Å². The van der Waals surface area contributed by atoms with Crippen LogP contribution in [0.5, 0.6) is 0 Å². The first-order valence-corrected chi connectivity index (χ1v) is 12.2. The topological polar surface area (TPSA) is 181 Å². The molecule has 1 heterocycles. The SMILES string of the molecule is [B]SC1CC(=O)N(CCC(=O)NCCNC(=O)CCCOC(COC(=O)NC)COC(=O)NC)C1=O. The molecule has 0 aromatic rings. The van der Waals surface area contributed by atoms with Crippen molar-refractivity contribution in [2.45, 2.75) is 37.0 Å². The number of likely N-dealkylation sites (tertiary alicyclic amines) is 1. The summed E-state index contributed by atoms with van der Waals surface area (Å²) in [4.78, 5) is 71.1. The van der Waals surface area contributed by atoms with Crippen LogP contribution >= 0.6 is 11.6 Å². The minimum Gasteiger partial charge on any atom is -0.447 e. The third-order valence-electron chi connectivity index (χ3n) is 4.81. The number of imide groups is 1. The molecule has 1 aliphatic heterocycles. The highest BCUT2D eigenvalue weighted by molar-refractivity contribution is 8.20. The van der Waals surface area contributed by atoms with Crippen LogP contribution in [0.4, 0.5) is 9.59 Å². The lowest BCUT2D eigenvalue weighted by Gasteiger charge is -2.17. The molecule has 6 amide bonds. The Bertz CT molecular complexity index is 769. The number of nitrogens with zero attached hydrogens (tertiary/aromatic N) is 1. The molecule has 0 aromatic carbocycles. The van der Waals surface area contributed by atoms with Gasteiger partial charge in [0.05, 0.1) is 5.25 Å². The van der Waals surface area contributed by atoms with E-state index in [1.165, 1.54) is 14.1 Å². The molecule has 0 aliphatic carbocycles. The molecule has 16 heteroatoms. The van der Waals surface area contributed by atoms with E-state index in [2.05, 4.69) is 21.3 Å². The lowest BCUT2D eigenvalue weighted by molar-refractivity contribution is -0.138. The molecular formula is C20H32BN5O9S. The molecule has 0 spiro atoms. The van der Waals surface area contributed by atoms with E-state index in [0.29, 0.717) is 6.42 Å². The van der Waals surface area contributed by atoms with E-state index >= 15 is 0 Å². The summed E-state index contributed by atoms with van der Waals surface area (Å²) in [5.41, 5.74) is 0. The summed E-state index contributed by atoms with van der Waals surface area (Å²) in [5, 5.41) is 9.23. The molecule has 1 saturated heterocycles. The van der Waals surface area contributed by atoms with Gasteiger partial charge in [-0.1, -0.05) is 0 Å². The van der Waals surface area contributed by atoms with E-state index in [9.17, 15) is 28.8 Å². The molecule has 200 valence electrons. The number of amides is 6. The van der Waals surface area contributed by atoms with Crippen LogP contribution in [0.25, 0.3) is 0 Å². The number of hydrogen-bond acceptors (Lipinski definition) is 10. The van der Waals surface area contributed by atoms with Crippen LogP contribution in [0.15, 0.2) is 0 Å². The molecule has 0 saturated carbocycles. The van der Waals surface area contributed by atoms with Gasteiger partial charge in [-0.3, -0.25) is 24.1 Å². The zero-order chi connectivity index (χ0) is 26.9. The van der Waals surface area contributed by atoms with Gasteiger partial charge < -0.3 is 35.5 Å². The predicted octanol–water partition coefficient (Wildman–Crippen LogP) is -1.57. The molecule has 1 unspecified atom stereocenters. The molecule has 1 rings (SSSR count). The van der Waals surface area contributed by atoms with Crippen molar-refractivity contribution < 1.29 is 43.0 Å². The van der Waals surface area contributed by atoms with Gasteiger partial charge in [0, 0.05) is 59.6 Å². The van der Waals surface area contributed by atoms with Gasteiger partial charge in [-0.05, 0) is 6.42 Å². The van der Waals surface area contributed by atoms with Crippen molar-refractivity contribution in [1.29, 1.82) is 0 Å². The number of alkyl carbamates (subject to hydrolysis) is 2. The standard InChI is InChI=1S/C20H32BN5O9S/c1-22-19(31)34-11-13(12-35-20(32)23-2)33-9-3-4-15(27)24-6-7-25-16(28)5-8-26-17(29)10-14(36-21)18(26)30/h13-14H,3-12H2,1-2H3,(H,22,31)(H,23,32)(H,24,27)(H,25,28). The highest BCUT2D eigenvalue weighted by Crippen LogP contribution is 2.22. The molecule has 2 radical (unpaired) electrons.